The van der Waals surface area contributed by atoms with E-state index in [9.17, 15) is 4.79 Å². The summed E-state index contributed by atoms with van der Waals surface area (Å²) in [6, 6.07) is 10.9. The third-order valence-electron chi connectivity index (χ3n) is 4.03. The Bertz CT molecular complexity index is 882. The van der Waals surface area contributed by atoms with E-state index >= 15 is 0 Å². The fraction of sp³-hybridized carbons (Fsp3) is 0.263. The molecule has 0 spiro atoms. The molecule has 0 aliphatic carbocycles. The summed E-state index contributed by atoms with van der Waals surface area (Å²) in [6.07, 6.45) is 0. The lowest BCUT2D eigenvalue weighted by Crippen LogP contribution is -2.25. The standard InChI is InChI=1S/C19H19ClN2O3S/c1-12-17(13(2)25-21-12)11-24-15-6-4-14(5-7-15)19(23)22(3)10-16-8-9-18(20)26-16/h4-9H,10-11H2,1-3H3. The van der Waals surface area contributed by atoms with Crippen LogP contribution in [0.2, 0.25) is 4.34 Å². The molecule has 136 valence electrons. The van der Waals surface area contributed by atoms with Crippen molar-refractivity contribution in [1.29, 1.82) is 0 Å². The molecular weight excluding hydrogens is 372 g/mol. The molecule has 0 saturated heterocycles. The first-order valence-electron chi connectivity index (χ1n) is 8.08. The number of rotatable bonds is 6. The number of hydrogen-bond acceptors (Lipinski definition) is 5. The molecule has 0 unspecified atom stereocenters. The van der Waals surface area contributed by atoms with E-state index < -0.39 is 0 Å². The van der Waals surface area contributed by atoms with Crippen LogP contribution in [-0.2, 0) is 13.2 Å². The van der Waals surface area contributed by atoms with Crippen LogP contribution in [0.1, 0.15) is 32.3 Å². The zero-order chi connectivity index (χ0) is 18.7. The summed E-state index contributed by atoms with van der Waals surface area (Å²) in [5.41, 5.74) is 2.38. The highest BCUT2D eigenvalue weighted by atomic mass is 35.5. The van der Waals surface area contributed by atoms with Crippen molar-refractivity contribution < 1.29 is 14.1 Å². The summed E-state index contributed by atoms with van der Waals surface area (Å²) in [7, 11) is 1.78. The summed E-state index contributed by atoms with van der Waals surface area (Å²) >= 11 is 7.41. The van der Waals surface area contributed by atoms with E-state index in [1.54, 1.807) is 36.2 Å². The molecule has 1 amide bonds. The van der Waals surface area contributed by atoms with Crippen LogP contribution in [0.4, 0.5) is 0 Å². The van der Waals surface area contributed by atoms with Gasteiger partial charge in [0, 0.05) is 17.5 Å². The summed E-state index contributed by atoms with van der Waals surface area (Å²) < 4.78 is 11.6. The fourth-order valence-electron chi connectivity index (χ4n) is 2.52. The van der Waals surface area contributed by atoms with Crippen LogP contribution in [0.3, 0.4) is 0 Å². The second-order valence-electron chi connectivity index (χ2n) is 5.98. The molecule has 0 atom stereocenters. The van der Waals surface area contributed by atoms with Gasteiger partial charge in [0.15, 0.2) is 0 Å². The lowest BCUT2D eigenvalue weighted by atomic mass is 10.2. The van der Waals surface area contributed by atoms with Gasteiger partial charge in [-0.05, 0) is 50.2 Å². The summed E-state index contributed by atoms with van der Waals surface area (Å²) in [4.78, 5) is 15.3. The zero-order valence-electron chi connectivity index (χ0n) is 14.8. The smallest absolute Gasteiger partial charge is 0.253 e. The van der Waals surface area contributed by atoms with Crippen LogP contribution in [0.5, 0.6) is 5.75 Å². The van der Waals surface area contributed by atoms with E-state index in [0.717, 1.165) is 26.2 Å². The molecule has 5 nitrogen and oxygen atoms in total. The predicted molar refractivity (Wildman–Crippen MR) is 102 cm³/mol. The van der Waals surface area contributed by atoms with Gasteiger partial charge in [-0.3, -0.25) is 4.79 Å². The van der Waals surface area contributed by atoms with Crippen molar-refractivity contribution in [3.8, 4) is 5.75 Å². The van der Waals surface area contributed by atoms with Crippen LogP contribution in [0.25, 0.3) is 0 Å². The van der Waals surface area contributed by atoms with Gasteiger partial charge in [0.1, 0.15) is 18.1 Å². The first-order valence-corrected chi connectivity index (χ1v) is 9.28. The summed E-state index contributed by atoms with van der Waals surface area (Å²) in [6.45, 7) is 4.65. The van der Waals surface area contributed by atoms with Crippen molar-refractivity contribution >= 4 is 28.8 Å². The third kappa shape index (κ3) is 4.26. The highest BCUT2D eigenvalue weighted by molar-refractivity contribution is 7.16. The molecule has 0 saturated carbocycles. The number of ether oxygens (including phenoxy) is 1. The molecule has 26 heavy (non-hydrogen) atoms. The van der Waals surface area contributed by atoms with Gasteiger partial charge in [-0.25, -0.2) is 0 Å². The van der Waals surface area contributed by atoms with Gasteiger partial charge in [0.2, 0.25) is 0 Å². The van der Waals surface area contributed by atoms with Crippen molar-refractivity contribution in [1.82, 2.24) is 10.1 Å². The third-order valence-corrected chi connectivity index (χ3v) is 5.25. The minimum Gasteiger partial charge on any atom is -0.489 e. The molecule has 3 rings (SSSR count). The molecule has 2 heterocycles. The van der Waals surface area contributed by atoms with Crippen LogP contribution in [-0.4, -0.2) is 23.0 Å². The van der Waals surface area contributed by atoms with Gasteiger partial charge in [-0.15, -0.1) is 11.3 Å². The number of halogens is 1. The molecule has 0 bridgehead atoms. The SMILES string of the molecule is Cc1noc(C)c1COc1ccc(C(=O)N(C)Cc2ccc(Cl)s2)cc1. The van der Waals surface area contributed by atoms with Gasteiger partial charge >= 0.3 is 0 Å². The quantitative estimate of drug-likeness (QED) is 0.603. The van der Waals surface area contributed by atoms with Crippen molar-refractivity contribution in [2.45, 2.75) is 27.0 Å². The second kappa shape index (κ2) is 7.93. The number of carbonyl (C=O) groups excluding carboxylic acids is 1. The molecule has 7 heteroatoms. The monoisotopic (exact) mass is 390 g/mol. The van der Waals surface area contributed by atoms with Gasteiger partial charge in [-0.2, -0.15) is 0 Å². The van der Waals surface area contributed by atoms with Crippen LogP contribution in [0, 0.1) is 13.8 Å². The van der Waals surface area contributed by atoms with Gasteiger partial charge in [0.05, 0.1) is 22.1 Å². The molecule has 0 fully saturated rings. The lowest BCUT2D eigenvalue weighted by molar-refractivity contribution is 0.0786. The molecule has 0 aliphatic rings. The highest BCUT2D eigenvalue weighted by Gasteiger charge is 2.14. The largest absolute Gasteiger partial charge is 0.489 e. The first-order chi connectivity index (χ1) is 12.4. The van der Waals surface area contributed by atoms with E-state index in [-0.39, 0.29) is 5.91 Å². The Morgan fingerprint density at radius 1 is 1.23 bits per heavy atom. The predicted octanol–water partition coefficient (Wildman–Crippen LogP) is 4.86. The summed E-state index contributed by atoms with van der Waals surface area (Å²) in [5.74, 6) is 1.39. The van der Waals surface area contributed by atoms with E-state index in [1.165, 1.54) is 11.3 Å². The lowest BCUT2D eigenvalue weighted by Gasteiger charge is -2.16. The molecule has 1 aromatic carbocycles. The Balaban J connectivity index is 1.60. The highest BCUT2D eigenvalue weighted by Crippen LogP contribution is 2.23. The maximum Gasteiger partial charge on any atom is 0.253 e. The Labute approximate surface area is 161 Å². The maximum atomic E-state index is 12.5. The Morgan fingerprint density at radius 3 is 2.54 bits per heavy atom. The van der Waals surface area contributed by atoms with Crippen molar-refractivity contribution in [3.63, 3.8) is 0 Å². The molecule has 2 aromatic heterocycles. The number of nitrogens with zero attached hydrogens (tertiary/aromatic N) is 2. The average molecular weight is 391 g/mol. The number of amides is 1. The maximum absolute atomic E-state index is 12.5. The van der Waals surface area contributed by atoms with Crippen LogP contribution >= 0.6 is 22.9 Å². The Morgan fingerprint density at radius 2 is 1.96 bits per heavy atom. The van der Waals surface area contributed by atoms with Gasteiger partial charge < -0.3 is 14.2 Å². The molecule has 0 aliphatic heterocycles. The average Bonchev–Trinajstić information content (AvgIpc) is 3.18. The minimum absolute atomic E-state index is 0.0493. The normalized spacial score (nSPS) is 10.8. The zero-order valence-corrected chi connectivity index (χ0v) is 16.4. The number of aromatic nitrogens is 1. The number of carbonyl (C=O) groups is 1. The van der Waals surface area contributed by atoms with Gasteiger partial charge in [0.25, 0.3) is 5.91 Å². The van der Waals surface area contributed by atoms with Crippen LogP contribution in [0.15, 0.2) is 40.9 Å². The first kappa shape index (κ1) is 18.5. The van der Waals surface area contributed by atoms with E-state index in [4.69, 9.17) is 20.9 Å². The number of hydrogen-bond donors (Lipinski definition) is 0. The number of thiophene rings is 1. The van der Waals surface area contributed by atoms with E-state index in [0.29, 0.717) is 24.5 Å². The molecular formula is C19H19ClN2O3S. The van der Waals surface area contributed by atoms with E-state index in [2.05, 4.69) is 5.16 Å². The number of aryl methyl sites for hydroxylation is 2. The topological polar surface area (TPSA) is 55.6 Å². The minimum atomic E-state index is -0.0493. The Kier molecular flexibility index (Phi) is 5.64. The van der Waals surface area contributed by atoms with E-state index in [1.807, 2.05) is 26.0 Å². The molecule has 0 N–H and O–H groups in total. The molecule has 0 radical (unpaired) electrons. The van der Waals surface area contributed by atoms with Crippen LogP contribution < -0.4 is 4.74 Å². The number of benzene rings is 1. The Hall–Kier alpha value is -2.31. The summed E-state index contributed by atoms with van der Waals surface area (Å²) in [5, 5.41) is 3.91. The molecule has 3 aromatic rings. The van der Waals surface area contributed by atoms with Gasteiger partial charge in [-0.1, -0.05) is 16.8 Å². The second-order valence-corrected chi connectivity index (χ2v) is 7.78. The van der Waals surface area contributed by atoms with Crippen molar-refractivity contribution in [3.05, 3.63) is 68.2 Å². The van der Waals surface area contributed by atoms with Crippen molar-refractivity contribution in [2.75, 3.05) is 7.05 Å². The van der Waals surface area contributed by atoms with Crippen molar-refractivity contribution in [2.24, 2.45) is 0 Å². The fourth-order valence-corrected chi connectivity index (χ4v) is 3.66.